The Morgan fingerprint density at radius 2 is 1.50 bits per heavy atom. The molecule has 0 radical (unpaired) electrons. The van der Waals surface area contributed by atoms with E-state index in [1.54, 1.807) is 36.4 Å². The highest BCUT2D eigenvalue weighted by molar-refractivity contribution is 5.87. The number of ether oxygens (including phenoxy) is 1. The molecule has 1 heterocycles. The standard InChI is InChI=1S/C36H27F7N2O5/c37-30-13-14-31(49-20-24-16-28(35(38,39)40)19-29(17-24)36(41,42)43)27(18-30)12-7-22(15-23-5-10-26(11-6-23)33(46)47)2-1-21-3-8-25(9-4-21)32-44-34(48)50-45-32/h3-14,16-19,22H,1-2,15,20H2,(H,46,47)(H,44,45,48)/b12-7+. The number of aromatic nitrogens is 2. The molecule has 0 bridgehead atoms. The molecular weight excluding hydrogens is 673 g/mol. The quantitative estimate of drug-likeness (QED) is 0.126. The maximum atomic E-state index is 14.4. The van der Waals surface area contributed by atoms with Gasteiger partial charge in [-0.3, -0.25) is 9.51 Å². The van der Waals surface area contributed by atoms with E-state index in [-0.39, 0.29) is 40.2 Å². The molecule has 5 aromatic rings. The van der Waals surface area contributed by atoms with Gasteiger partial charge in [-0.25, -0.2) is 14.0 Å². The van der Waals surface area contributed by atoms with Gasteiger partial charge in [0.05, 0.1) is 16.7 Å². The predicted octanol–water partition coefficient (Wildman–Crippen LogP) is 8.99. The molecule has 50 heavy (non-hydrogen) atoms. The number of benzene rings is 4. The summed E-state index contributed by atoms with van der Waals surface area (Å²) >= 11 is 0. The van der Waals surface area contributed by atoms with Gasteiger partial charge in [-0.15, -0.1) is 0 Å². The Morgan fingerprint density at radius 3 is 2.08 bits per heavy atom. The van der Waals surface area contributed by atoms with E-state index in [1.807, 2.05) is 12.1 Å². The fourth-order valence-electron chi connectivity index (χ4n) is 5.17. The van der Waals surface area contributed by atoms with Crippen molar-refractivity contribution in [2.45, 2.75) is 38.2 Å². The Kier molecular flexibility index (Phi) is 10.6. The number of alkyl halides is 6. The van der Waals surface area contributed by atoms with Crippen molar-refractivity contribution in [2.75, 3.05) is 0 Å². The van der Waals surface area contributed by atoms with Crippen LogP contribution in [0.4, 0.5) is 30.7 Å². The molecule has 1 unspecified atom stereocenters. The minimum atomic E-state index is -5.03. The zero-order valence-electron chi connectivity index (χ0n) is 25.8. The summed E-state index contributed by atoms with van der Waals surface area (Å²) in [7, 11) is 0. The summed E-state index contributed by atoms with van der Waals surface area (Å²) in [5.41, 5.74) is -0.643. The van der Waals surface area contributed by atoms with Gasteiger partial charge in [0.25, 0.3) is 0 Å². The molecule has 260 valence electrons. The van der Waals surface area contributed by atoms with Crippen LogP contribution in [0.15, 0.2) is 100 Å². The van der Waals surface area contributed by atoms with Crippen LogP contribution in [-0.4, -0.2) is 21.2 Å². The third-order valence-electron chi connectivity index (χ3n) is 7.73. The van der Waals surface area contributed by atoms with Crippen LogP contribution in [0.2, 0.25) is 0 Å². The largest absolute Gasteiger partial charge is 0.488 e. The Labute approximate surface area is 279 Å². The molecule has 0 spiro atoms. The molecule has 0 saturated carbocycles. The highest BCUT2D eigenvalue weighted by Crippen LogP contribution is 2.37. The molecule has 4 aromatic carbocycles. The normalized spacial score (nSPS) is 12.7. The second kappa shape index (κ2) is 14.8. The lowest BCUT2D eigenvalue weighted by Crippen LogP contribution is -2.12. The number of carboxylic acid groups (broad SMARTS) is 1. The van der Waals surface area contributed by atoms with Crippen LogP contribution in [0, 0.1) is 11.7 Å². The second-order valence-corrected chi connectivity index (χ2v) is 11.4. The van der Waals surface area contributed by atoms with E-state index < -0.39 is 47.6 Å². The molecule has 0 aliphatic heterocycles. The van der Waals surface area contributed by atoms with Crippen LogP contribution >= 0.6 is 0 Å². The summed E-state index contributed by atoms with van der Waals surface area (Å²) in [6.45, 7) is -0.656. The van der Waals surface area contributed by atoms with Crippen LogP contribution in [0.5, 0.6) is 5.75 Å². The molecule has 5 rings (SSSR count). The zero-order chi connectivity index (χ0) is 36.1. The van der Waals surface area contributed by atoms with Gasteiger partial charge >= 0.3 is 24.1 Å². The third-order valence-corrected chi connectivity index (χ3v) is 7.73. The van der Waals surface area contributed by atoms with Crippen molar-refractivity contribution in [3.8, 4) is 17.1 Å². The number of aryl methyl sites for hydroxylation is 1. The molecule has 1 atom stereocenters. The summed E-state index contributed by atoms with van der Waals surface area (Å²) in [5.74, 6) is -2.32. The summed E-state index contributed by atoms with van der Waals surface area (Å²) in [4.78, 5) is 25.1. The van der Waals surface area contributed by atoms with Gasteiger partial charge in [-0.2, -0.15) is 26.3 Å². The predicted molar refractivity (Wildman–Crippen MR) is 168 cm³/mol. The monoisotopic (exact) mass is 700 g/mol. The van der Waals surface area contributed by atoms with Crippen LogP contribution in [0.25, 0.3) is 17.5 Å². The molecule has 1 aromatic heterocycles. The number of halogens is 7. The molecule has 0 aliphatic rings. The summed E-state index contributed by atoms with van der Waals surface area (Å²) in [6.07, 6.45) is -5.12. The van der Waals surface area contributed by atoms with Crippen molar-refractivity contribution in [1.82, 2.24) is 10.1 Å². The Hall–Kier alpha value is -5.66. The number of allylic oxidation sites excluding steroid dienone is 1. The van der Waals surface area contributed by atoms with Gasteiger partial charge in [-0.1, -0.05) is 53.7 Å². The van der Waals surface area contributed by atoms with E-state index >= 15 is 0 Å². The highest BCUT2D eigenvalue weighted by atomic mass is 19.4. The first-order valence-electron chi connectivity index (χ1n) is 15.0. The van der Waals surface area contributed by atoms with E-state index in [0.717, 1.165) is 23.3 Å². The van der Waals surface area contributed by atoms with Crippen LogP contribution < -0.4 is 10.5 Å². The number of carbonyl (C=O) groups is 1. The summed E-state index contributed by atoms with van der Waals surface area (Å²) in [6, 6.07) is 18.1. The minimum absolute atomic E-state index is 0.0258. The molecule has 2 N–H and O–H groups in total. The number of hydrogen-bond acceptors (Lipinski definition) is 5. The second-order valence-electron chi connectivity index (χ2n) is 11.4. The molecule has 0 fully saturated rings. The van der Waals surface area contributed by atoms with Crippen molar-refractivity contribution < 1.29 is 49.9 Å². The molecule has 14 heteroatoms. The first-order chi connectivity index (χ1) is 23.6. The summed E-state index contributed by atoms with van der Waals surface area (Å²) in [5, 5.41) is 12.9. The number of carboxylic acids is 1. The maximum Gasteiger partial charge on any atom is 0.439 e. The first kappa shape index (κ1) is 35.6. The van der Waals surface area contributed by atoms with Crippen molar-refractivity contribution in [2.24, 2.45) is 5.92 Å². The van der Waals surface area contributed by atoms with Crippen molar-refractivity contribution in [3.05, 3.63) is 146 Å². The van der Waals surface area contributed by atoms with E-state index in [9.17, 15) is 45.4 Å². The lowest BCUT2D eigenvalue weighted by Gasteiger charge is -2.16. The average Bonchev–Trinajstić information content (AvgIpc) is 3.51. The van der Waals surface area contributed by atoms with Gasteiger partial charge in [0.1, 0.15) is 18.2 Å². The number of aromatic amines is 1. The third kappa shape index (κ3) is 9.49. The molecule has 7 nitrogen and oxygen atoms in total. The van der Waals surface area contributed by atoms with E-state index in [0.29, 0.717) is 37.0 Å². The molecular formula is C36H27F7N2O5. The number of H-pyrrole nitrogens is 1. The maximum absolute atomic E-state index is 14.4. The SMILES string of the molecule is O=C(O)c1ccc(CC(/C=C/c2cc(F)ccc2OCc2cc(C(F)(F)F)cc(C(F)(F)F)c2)CCc2ccc(-c3noc(=O)[nH]3)cc2)cc1. The molecule has 0 aliphatic carbocycles. The van der Waals surface area contributed by atoms with Gasteiger partial charge in [-0.05, 0) is 90.4 Å². The van der Waals surface area contributed by atoms with Gasteiger partial charge in [0.2, 0.25) is 0 Å². The first-order valence-corrected chi connectivity index (χ1v) is 15.0. The number of hydrogen-bond donors (Lipinski definition) is 2. The Morgan fingerprint density at radius 1 is 0.860 bits per heavy atom. The van der Waals surface area contributed by atoms with Crippen molar-refractivity contribution >= 4 is 12.0 Å². The Bertz CT molecular complexity index is 2000. The number of nitrogens with one attached hydrogen (secondary N) is 1. The van der Waals surface area contributed by atoms with Gasteiger partial charge in [0.15, 0.2) is 5.82 Å². The fraction of sp³-hybridized carbons (Fsp3) is 0.194. The van der Waals surface area contributed by atoms with Gasteiger partial charge < -0.3 is 9.84 Å². The average molecular weight is 701 g/mol. The van der Waals surface area contributed by atoms with Crippen LogP contribution in [0.1, 0.15) is 50.2 Å². The van der Waals surface area contributed by atoms with Crippen LogP contribution in [-0.2, 0) is 31.8 Å². The van der Waals surface area contributed by atoms with E-state index in [2.05, 4.69) is 14.7 Å². The lowest BCUT2D eigenvalue weighted by atomic mass is 9.91. The smallest absolute Gasteiger partial charge is 0.439 e. The molecule has 0 saturated heterocycles. The topological polar surface area (TPSA) is 105 Å². The fourth-order valence-corrected chi connectivity index (χ4v) is 5.17. The molecule has 0 amide bonds. The summed E-state index contributed by atoms with van der Waals surface area (Å²) < 4.78 is 105. The Balaban J connectivity index is 1.37. The minimum Gasteiger partial charge on any atom is -0.488 e. The lowest BCUT2D eigenvalue weighted by molar-refractivity contribution is -0.143. The number of rotatable bonds is 12. The number of nitrogens with zero attached hydrogens (tertiary/aromatic N) is 1. The van der Waals surface area contributed by atoms with Gasteiger partial charge in [0, 0.05) is 11.1 Å². The van der Waals surface area contributed by atoms with Crippen molar-refractivity contribution in [1.29, 1.82) is 0 Å². The number of aromatic carboxylic acids is 1. The highest BCUT2D eigenvalue weighted by Gasteiger charge is 2.37. The van der Waals surface area contributed by atoms with Crippen molar-refractivity contribution in [3.63, 3.8) is 0 Å². The van der Waals surface area contributed by atoms with E-state index in [4.69, 9.17) is 4.74 Å². The van der Waals surface area contributed by atoms with E-state index in [1.165, 1.54) is 18.2 Å². The van der Waals surface area contributed by atoms with Crippen LogP contribution in [0.3, 0.4) is 0 Å². The zero-order valence-corrected chi connectivity index (χ0v) is 25.8.